The molecule has 2 nitrogen and oxygen atoms in total. The molecule has 1 aromatic rings. The molecule has 1 aromatic heterocycles. The highest BCUT2D eigenvalue weighted by molar-refractivity contribution is 7.99. The highest BCUT2D eigenvalue weighted by Gasteiger charge is 2.14. The smallest absolute Gasteiger partial charge is 0.103 e. The van der Waals surface area contributed by atoms with E-state index in [2.05, 4.69) is 46.9 Å². The zero-order valence-electron chi connectivity index (χ0n) is 13.2. The van der Waals surface area contributed by atoms with Crippen LogP contribution in [0.1, 0.15) is 63.5 Å². The highest BCUT2D eigenvalue weighted by atomic mass is 32.2. The number of rotatable bonds is 7. The van der Waals surface area contributed by atoms with Gasteiger partial charge in [-0.2, -0.15) is 11.8 Å². The van der Waals surface area contributed by atoms with E-state index in [1.165, 1.54) is 22.0 Å². The first-order chi connectivity index (χ1) is 8.85. The summed E-state index contributed by atoms with van der Waals surface area (Å²) in [5.41, 5.74) is 1.45. The van der Waals surface area contributed by atoms with Gasteiger partial charge in [-0.05, 0) is 33.6 Å². The number of thiazole rings is 1. The fraction of sp³-hybridized carbons (Fsp3) is 0.800. The van der Waals surface area contributed by atoms with Gasteiger partial charge in [-0.15, -0.1) is 11.3 Å². The molecule has 0 amide bonds. The topological polar surface area (TPSA) is 24.9 Å². The summed E-state index contributed by atoms with van der Waals surface area (Å²) >= 11 is 3.90. The van der Waals surface area contributed by atoms with E-state index in [9.17, 15) is 0 Å². The van der Waals surface area contributed by atoms with E-state index in [4.69, 9.17) is 4.98 Å². The minimum atomic E-state index is 0.167. The molecule has 1 unspecified atom stereocenters. The number of nitrogens with one attached hydrogen (secondary N) is 1. The van der Waals surface area contributed by atoms with Crippen LogP contribution in [0.3, 0.4) is 0 Å². The van der Waals surface area contributed by atoms with Crippen molar-refractivity contribution >= 4 is 23.1 Å². The normalized spacial score (nSPS) is 13.8. The maximum absolute atomic E-state index is 4.79. The van der Waals surface area contributed by atoms with Crippen LogP contribution in [0.4, 0.5) is 0 Å². The molecule has 0 aliphatic carbocycles. The lowest BCUT2D eigenvalue weighted by atomic mass is 10.1. The van der Waals surface area contributed by atoms with Gasteiger partial charge >= 0.3 is 0 Å². The lowest BCUT2D eigenvalue weighted by Crippen LogP contribution is -2.35. The first kappa shape index (κ1) is 17.0. The van der Waals surface area contributed by atoms with Crippen molar-refractivity contribution in [1.82, 2.24) is 10.3 Å². The maximum Gasteiger partial charge on any atom is 0.103 e. The average Bonchev–Trinajstić information content (AvgIpc) is 2.75. The fourth-order valence-electron chi connectivity index (χ4n) is 1.59. The lowest BCUT2D eigenvalue weighted by molar-refractivity contribution is 0.425. The summed E-state index contributed by atoms with van der Waals surface area (Å²) in [5.74, 6) is 1.06. The number of thioether (sulfide) groups is 1. The number of aryl methyl sites for hydroxylation is 1. The Morgan fingerprint density at radius 2 is 2.00 bits per heavy atom. The van der Waals surface area contributed by atoms with Gasteiger partial charge in [0.15, 0.2) is 0 Å². The summed E-state index contributed by atoms with van der Waals surface area (Å²) in [5, 5.41) is 5.58. The van der Waals surface area contributed by atoms with Crippen molar-refractivity contribution in [1.29, 1.82) is 0 Å². The van der Waals surface area contributed by atoms with E-state index in [0.29, 0.717) is 0 Å². The predicted molar refractivity (Wildman–Crippen MR) is 89.1 cm³/mol. The Bertz CT molecular complexity index is 380. The first-order valence-electron chi connectivity index (χ1n) is 7.19. The quantitative estimate of drug-likeness (QED) is 0.795. The van der Waals surface area contributed by atoms with Crippen molar-refractivity contribution in [3.8, 4) is 0 Å². The van der Waals surface area contributed by atoms with Crippen LogP contribution in [0.15, 0.2) is 0 Å². The molecule has 0 bridgehead atoms. The van der Waals surface area contributed by atoms with Crippen LogP contribution in [-0.4, -0.2) is 15.8 Å². The SMILES string of the molecule is CCc1nc(CSC(C)CC)sc1CNC(C)(C)C. The zero-order valence-corrected chi connectivity index (χ0v) is 14.8. The molecule has 0 spiro atoms. The molecular weight excluding hydrogens is 272 g/mol. The summed E-state index contributed by atoms with van der Waals surface area (Å²) in [7, 11) is 0. The lowest BCUT2D eigenvalue weighted by Gasteiger charge is -2.20. The Balaban J connectivity index is 2.63. The Morgan fingerprint density at radius 1 is 1.32 bits per heavy atom. The van der Waals surface area contributed by atoms with Crippen LogP contribution in [0.2, 0.25) is 0 Å². The second-order valence-corrected chi connectivity index (χ2v) is 8.56. The van der Waals surface area contributed by atoms with Crippen molar-refractivity contribution in [2.45, 2.75) is 77.5 Å². The van der Waals surface area contributed by atoms with Gasteiger partial charge in [0.1, 0.15) is 5.01 Å². The minimum absolute atomic E-state index is 0.167. The Morgan fingerprint density at radius 3 is 2.53 bits per heavy atom. The van der Waals surface area contributed by atoms with Crippen molar-refractivity contribution in [3.05, 3.63) is 15.6 Å². The molecule has 0 aromatic carbocycles. The molecule has 0 saturated carbocycles. The van der Waals surface area contributed by atoms with Gasteiger partial charge in [-0.1, -0.05) is 20.8 Å². The molecule has 0 saturated heterocycles. The molecule has 19 heavy (non-hydrogen) atoms. The third-order valence-electron chi connectivity index (χ3n) is 3.00. The van der Waals surface area contributed by atoms with E-state index in [1.54, 1.807) is 0 Å². The van der Waals surface area contributed by atoms with E-state index >= 15 is 0 Å². The molecular formula is C15H28N2S2. The standard InChI is InChI=1S/C15H28N2S2/c1-7-11(3)18-10-14-17-12(8-2)13(19-14)9-16-15(4,5)6/h11,16H,7-10H2,1-6H3. The molecule has 0 radical (unpaired) electrons. The Hall–Kier alpha value is -0.0600. The first-order valence-corrected chi connectivity index (χ1v) is 9.06. The molecule has 110 valence electrons. The van der Waals surface area contributed by atoms with Crippen LogP contribution in [0.25, 0.3) is 0 Å². The van der Waals surface area contributed by atoms with Gasteiger partial charge in [0, 0.05) is 28.0 Å². The van der Waals surface area contributed by atoms with Crippen LogP contribution < -0.4 is 5.32 Å². The molecule has 1 rings (SSSR count). The number of nitrogens with zero attached hydrogens (tertiary/aromatic N) is 1. The third kappa shape index (κ3) is 6.28. The van der Waals surface area contributed by atoms with E-state index in [1.807, 2.05) is 23.1 Å². The largest absolute Gasteiger partial charge is 0.307 e. The van der Waals surface area contributed by atoms with Gasteiger partial charge in [-0.3, -0.25) is 0 Å². The second kappa shape index (κ2) is 7.65. The summed E-state index contributed by atoms with van der Waals surface area (Å²) in [6.45, 7) is 14.3. The summed E-state index contributed by atoms with van der Waals surface area (Å²) < 4.78 is 0. The second-order valence-electron chi connectivity index (χ2n) is 5.96. The van der Waals surface area contributed by atoms with E-state index in [-0.39, 0.29) is 5.54 Å². The van der Waals surface area contributed by atoms with Crippen LogP contribution in [-0.2, 0) is 18.7 Å². The van der Waals surface area contributed by atoms with Crippen molar-refractivity contribution < 1.29 is 0 Å². The third-order valence-corrected chi connectivity index (χ3v) is 5.63. The van der Waals surface area contributed by atoms with Crippen LogP contribution in [0.5, 0.6) is 0 Å². The zero-order chi connectivity index (χ0) is 14.5. The number of aromatic nitrogens is 1. The monoisotopic (exact) mass is 300 g/mol. The molecule has 1 atom stereocenters. The van der Waals surface area contributed by atoms with Gasteiger partial charge in [-0.25, -0.2) is 4.98 Å². The molecule has 0 aliphatic rings. The Kier molecular flexibility index (Phi) is 6.84. The van der Waals surface area contributed by atoms with Crippen molar-refractivity contribution in [2.75, 3.05) is 0 Å². The van der Waals surface area contributed by atoms with Crippen molar-refractivity contribution in [2.24, 2.45) is 0 Å². The summed E-state index contributed by atoms with van der Waals surface area (Å²) in [6.07, 6.45) is 2.26. The molecule has 0 fully saturated rings. The molecule has 4 heteroatoms. The average molecular weight is 301 g/mol. The van der Waals surface area contributed by atoms with E-state index in [0.717, 1.165) is 24.0 Å². The van der Waals surface area contributed by atoms with Crippen LogP contribution >= 0.6 is 23.1 Å². The van der Waals surface area contributed by atoms with Crippen LogP contribution in [0, 0.1) is 0 Å². The number of hydrogen-bond acceptors (Lipinski definition) is 4. The molecule has 0 aliphatic heterocycles. The van der Waals surface area contributed by atoms with E-state index < -0.39 is 0 Å². The highest BCUT2D eigenvalue weighted by Crippen LogP contribution is 2.26. The maximum atomic E-state index is 4.79. The van der Waals surface area contributed by atoms with Gasteiger partial charge in [0.05, 0.1) is 5.69 Å². The van der Waals surface area contributed by atoms with Gasteiger partial charge in [0.25, 0.3) is 0 Å². The fourth-order valence-corrected chi connectivity index (χ4v) is 3.65. The molecule has 1 heterocycles. The van der Waals surface area contributed by atoms with Crippen molar-refractivity contribution in [3.63, 3.8) is 0 Å². The number of hydrogen-bond donors (Lipinski definition) is 1. The van der Waals surface area contributed by atoms with Gasteiger partial charge < -0.3 is 5.32 Å². The predicted octanol–water partition coefficient (Wildman–Crippen LogP) is 4.63. The summed E-state index contributed by atoms with van der Waals surface area (Å²) in [4.78, 5) is 6.21. The minimum Gasteiger partial charge on any atom is -0.307 e. The molecule has 1 N–H and O–H groups in total. The summed E-state index contributed by atoms with van der Waals surface area (Å²) in [6, 6.07) is 0. The van der Waals surface area contributed by atoms with Gasteiger partial charge in [0.2, 0.25) is 0 Å². The Labute approximate surface area is 126 Å².